The summed E-state index contributed by atoms with van der Waals surface area (Å²) in [5, 5.41) is 3.46. The highest BCUT2D eigenvalue weighted by Gasteiger charge is 2.28. The Morgan fingerprint density at radius 2 is 1.76 bits per heavy atom. The molecule has 1 aliphatic rings. The van der Waals surface area contributed by atoms with E-state index >= 15 is 0 Å². The number of hydrogen-bond acceptors (Lipinski definition) is 4. The zero-order valence-corrected chi connectivity index (χ0v) is 19.6. The van der Waals surface area contributed by atoms with Crippen LogP contribution in [0.5, 0.6) is 0 Å². The minimum absolute atomic E-state index is 0.124. The Morgan fingerprint density at radius 1 is 1.03 bits per heavy atom. The van der Waals surface area contributed by atoms with Crippen molar-refractivity contribution in [3.8, 4) is 0 Å². The van der Waals surface area contributed by atoms with Crippen LogP contribution in [0.4, 0.5) is 0 Å². The smallest absolute Gasteiger partial charge is 0.251 e. The minimum Gasteiger partial charge on any atom is -0.354 e. The SMILES string of the molecule is CC1CCN(S(=O)(=O)c2ccc3c(ccc(=O)n3CC(=O)NCCc3ccccc3)c2)CC1. The van der Waals surface area contributed by atoms with Gasteiger partial charge in [-0.15, -0.1) is 0 Å². The van der Waals surface area contributed by atoms with E-state index in [1.807, 2.05) is 30.3 Å². The second-order valence-corrected chi connectivity index (χ2v) is 10.6. The van der Waals surface area contributed by atoms with Crippen LogP contribution >= 0.6 is 0 Å². The van der Waals surface area contributed by atoms with E-state index in [4.69, 9.17) is 0 Å². The monoisotopic (exact) mass is 467 g/mol. The van der Waals surface area contributed by atoms with Crippen LogP contribution in [0.15, 0.2) is 70.4 Å². The molecule has 0 atom stereocenters. The molecule has 1 fully saturated rings. The molecule has 0 unspecified atom stereocenters. The van der Waals surface area contributed by atoms with Crippen molar-refractivity contribution < 1.29 is 13.2 Å². The zero-order chi connectivity index (χ0) is 23.4. The van der Waals surface area contributed by atoms with E-state index in [1.54, 1.807) is 18.2 Å². The van der Waals surface area contributed by atoms with Crippen LogP contribution < -0.4 is 10.9 Å². The Kier molecular flexibility index (Phi) is 6.95. The summed E-state index contributed by atoms with van der Waals surface area (Å²) < 4.78 is 29.1. The van der Waals surface area contributed by atoms with E-state index in [1.165, 1.54) is 21.0 Å². The molecule has 0 radical (unpaired) electrons. The molecule has 1 N–H and O–H groups in total. The van der Waals surface area contributed by atoms with E-state index in [-0.39, 0.29) is 22.9 Å². The molecule has 8 heteroatoms. The van der Waals surface area contributed by atoms with Gasteiger partial charge in [-0.25, -0.2) is 8.42 Å². The van der Waals surface area contributed by atoms with Gasteiger partial charge in [0.05, 0.1) is 10.4 Å². The second kappa shape index (κ2) is 9.89. The lowest BCUT2D eigenvalue weighted by Gasteiger charge is -2.29. The van der Waals surface area contributed by atoms with Gasteiger partial charge in [0.2, 0.25) is 15.9 Å². The number of pyridine rings is 1. The number of piperidine rings is 1. The maximum absolute atomic E-state index is 13.1. The minimum atomic E-state index is -3.59. The average Bonchev–Trinajstić information content (AvgIpc) is 2.81. The maximum atomic E-state index is 13.1. The molecule has 7 nitrogen and oxygen atoms in total. The van der Waals surface area contributed by atoms with Crippen molar-refractivity contribution >= 4 is 26.8 Å². The lowest BCUT2D eigenvalue weighted by atomic mass is 10.0. The summed E-state index contributed by atoms with van der Waals surface area (Å²) in [6.45, 7) is 3.52. The fourth-order valence-corrected chi connectivity index (χ4v) is 5.68. The first-order chi connectivity index (χ1) is 15.8. The van der Waals surface area contributed by atoms with Crippen LogP contribution in [0.1, 0.15) is 25.3 Å². The number of sulfonamides is 1. The third kappa shape index (κ3) is 5.34. The lowest BCUT2D eigenvalue weighted by Crippen LogP contribution is -2.37. The third-order valence-electron chi connectivity index (χ3n) is 6.22. The Balaban J connectivity index is 1.50. The van der Waals surface area contributed by atoms with Gasteiger partial charge < -0.3 is 5.32 Å². The molecule has 4 rings (SSSR count). The number of hydrogen-bond donors (Lipinski definition) is 1. The van der Waals surface area contributed by atoms with Crippen LogP contribution in [-0.4, -0.2) is 42.8 Å². The third-order valence-corrected chi connectivity index (χ3v) is 8.12. The number of amides is 1. The molecule has 174 valence electrons. The highest BCUT2D eigenvalue weighted by Crippen LogP contribution is 2.25. The molecular weight excluding hydrogens is 438 g/mol. The van der Waals surface area contributed by atoms with Gasteiger partial charge in [0, 0.05) is 25.7 Å². The number of carbonyl (C=O) groups is 1. The van der Waals surface area contributed by atoms with Gasteiger partial charge in [0.1, 0.15) is 6.54 Å². The lowest BCUT2D eigenvalue weighted by molar-refractivity contribution is -0.121. The molecule has 1 aliphatic heterocycles. The summed E-state index contributed by atoms with van der Waals surface area (Å²) in [5.74, 6) is 0.265. The van der Waals surface area contributed by atoms with Crippen molar-refractivity contribution in [1.82, 2.24) is 14.2 Å². The number of aromatic nitrogens is 1. The van der Waals surface area contributed by atoms with Gasteiger partial charge in [-0.2, -0.15) is 4.31 Å². The highest BCUT2D eigenvalue weighted by atomic mass is 32.2. The Hall–Kier alpha value is -2.97. The van der Waals surface area contributed by atoms with Crippen LogP contribution in [0.2, 0.25) is 0 Å². The Labute approximate surface area is 194 Å². The predicted molar refractivity (Wildman–Crippen MR) is 129 cm³/mol. The van der Waals surface area contributed by atoms with E-state index in [0.717, 1.165) is 18.4 Å². The van der Waals surface area contributed by atoms with Gasteiger partial charge in [0.15, 0.2) is 0 Å². The number of benzene rings is 2. The van der Waals surface area contributed by atoms with Crippen LogP contribution in [0, 0.1) is 5.92 Å². The summed E-state index contributed by atoms with van der Waals surface area (Å²) in [6, 6.07) is 17.6. The summed E-state index contributed by atoms with van der Waals surface area (Å²) in [7, 11) is -3.59. The molecular formula is C25H29N3O4S. The van der Waals surface area contributed by atoms with Gasteiger partial charge in [-0.3, -0.25) is 14.2 Å². The molecule has 2 heterocycles. The largest absolute Gasteiger partial charge is 0.354 e. The first-order valence-electron chi connectivity index (χ1n) is 11.3. The normalized spacial score (nSPS) is 15.5. The highest BCUT2D eigenvalue weighted by molar-refractivity contribution is 7.89. The fourth-order valence-electron chi connectivity index (χ4n) is 4.17. The Morgan fingerprint density at radius 3 is 2.48 bits per heavy atom. The first kappa shape index (κ1) is 23.2. The van der Waals surface area contributed by atoms with Crippen molar-refractivity contribution in [2.24, 2.45) is 5.92 Å². The molecule has 0 aliphatic carbocycles. The van der Waals surface area contributed by atoms with Crippen molar-refractivity contribution in [3.63, 3.8) is 0 Å². The maximum Gasteiger partial charge on any atom is 0.251 e. The quantitative estimate of drug-likeness (QED) is 0.579. The van der Waals surface area contributed by atoms with Crippen LogP contribution in [-0.2, 0) is 27.8 Å². The second-order valence-electron chi connectivity index (χ2n) is 8.65. The molecule has 0 spiro atoms. The van der Waals surface area contributed by atoms with Crippen LogP contribution in [0.25, 0.3) is 10.9 Å². The summed E-state index contributed by atoms with van der Waals surface area (Å²) in [6.07, 6.45) is 2.41. The molecule has 1 saturated heterocycles. The van der Waals surface area contributed by atoms with Gasteiger partial charge >= 0.3 is 0 Å². The van der Waals surface area contributed by atoms with E-state index in [9.17, 15) is 18.0 Å². The number of fused-ring (bicyclic) bond motifs is 1. The first-order valence-corrected chi connectivity index (χ1v) is 12.7. The fraction of sp³-hybridized carbons (Fsp3) is 0.360. The number of nitrogens with one attached hydrogen (secondary N) is 1. The standard InChI is InChI=1S/C25H29N3O4S/c1-19-12-15-27(16-13-19)33(31,32)22-8-9-23-21(17-22)7-10-25(30)28(23)18-24(29)26-14-11-20-5-3-2-4-6-20/h2-10,17,19H,11-16,18H2,1H3,(H,26,29). The molecule has 3 aromatic rings. The molecule has 0 saturated carbocycles. The number of nitrogens with zero attached hydrogens (tertiary/aromatic N) is 2. The van der Waals surface area contributed by atoms with E-state index in [0.29, 0.717) is 42.9 Å². The Bertz CT molecular complexity index is 1290. The van der Waals surface area contributed by atoms with Gasteiger partial charge in [0.25, 0.3) is 5.56 Å². The molecule has 33 heavy (non-hydrogen) atoms. The number of rotatable bonds is 7. The van der Waals surface area contributed by atoms with Crippen molar-refractivity contribution in [1.29, 1.82) is 0 Å². The van der Waals surface area contributed by atoms with Crippen molar-refractivity contribution in [3.05, 3.63) is 76.6 Å². The van der Waals surface area contributed by atoms with E-state index < -0.39 is 10.0 Å². The molecule has 0 bridgehead atoms. The summed E-state index contributed by atoms with van der Waals surface area (Å²) >= 11 is 0. The molecule has 2 aromatic carbocycles. The zero-order valence-electron chi connectivity index (χ0n) is 18.7. The van der Waals surface area contributed by atoms with Gasteiger partial charge in [-0.1, -0.05) is 37.3 Å². The topological polar surface area (TPSA) is 88.5 Å². The number of carbonyl (C=O) groups excluding carboxylic acids is 1. The van der Waals surface area contributed by atoms with E-state index in [2.05, 4.69) is 12.2 Å². The average molecular weight is 468 g/mol. The van der Waals surface area contributed by atoms with Crippen molar-refractivity contribution in [2.45, 2.75) is 37.6 Å². The van der Waals surface area contributed by atoms with Gasteiger partial charge in [-0.05, 0) is 60.4 Å². The molecule has 1 aromatic heterocycles. The summed E-state index contributed by atoms with van der Waals surface area (Å²) in [4.78, 5) is 25.2. The summed E-state index contributed by atoms with van der Waals surface area (Å²) in [5.41, 5.74) is 1.35. The predicted octanol–water partition coefficient (Wildman–Crippen LogP) is 2.78. The molecule has 1 amide bonds. The van der Waals surface area contributed by atoms with Crippen LogP contribution in [0.3, 0.4) is 0 Å². The van der Waals surface area contributed by atoms with Crippen molar-refractivity contribution in [2.75, 3.05) is 19.6 Å².